The summed E-state index contributed by atoms with van der Waals surface area (Å²) in [6, 6.07) is 10.6. The number of non-ortho nitro benzene ring substituents is 1. The van der Waals surface area contributed by atoms with E-state index in [1.807, 2.05) is 6.20 Å². The number of nitrogens with one attached hydrogen (secondary N) is 1. The van der Waals surface area contributed by atoms with Crippen LogP contribution in [0.2, 0.25) is 0 Å². The Hall–Kier alpha value is -2.63. The van der Waals surface area contributed by atoms with Crippen LogP contribution < -0.4 is 10.2 Å². The van der Waals surface area contributed by atoms with E-state index in [9.17, 15) is 10.1 Å². The van der Waals surface area contributed by atoms with Gasteiger partial charge in [0.15, 0.2) is 0 Å². The number of nitrogens with zero attached hydrogens (tertiary/aromatic N) is 3. The molecule has 1 fully saturated rings. The van der Waals surface area contributed by atoms with Gasteiger partial charge in [0.25, 0.3) is 5.69 Å². The molecule has 126 valence electrons. The normalized spacial score (nSPS) is 14.9. The Kier molecular flexibility index (Phi) is 5.25. The minimum atomic E-state index is -0.394. The lowest BCUT2D eigenvalue weighted by Gasteiger charge is -2.21. The minimum Gasteiger partial charge on any atom is -0.381 e. The second kappa shape index (κ2) is 7.77. The fourth-order valence-electron chi connectivity index (χ4n) is 2.91. The molecule has 1 N–H and O–H groups in total. The lowest BCUT2D eigenvalue weighted by Crippen LogP contribution is -2.24. The third-order valence-electron chi connectivity index (χ3n) is 4.31. The highest BCUT2D eigenvalue weighted by Crippen LogP contribution is 2.19. The summed E-state index contributed by atoms with van der Waals surface area (Å²) in [6.45, 7) is 2.83. The highest BCUT2D eigenvalue weighted by molar-refractivity contribution is 5.49. The fraction of sp³-hybridized carbons (Fsp3) is 0.389. The first-order valence-corrected chi connectivity index (χ1v) is 8.40. The number of aromatic nitrogens is 1. The van der Waals surface area contributed by atoms with Crippen molar-refractivity contribution in [2.24, 2.45) is 0 Å². The number of hydrogen-bond acceptors (Lipinski definition) is 5. The van der Waals surface area contributed by atoms with Gasteiger partial charge in [-0.3, -0.25) is 10.1 Å². The summed E-state index contributed by atoms with van der Waals surface area (Å²) in [4.78, 5) is 17.2. The van der Waals surface area contributed by atoms with Crippen LogP contribution in [0, 0.1) is 10.1 Å². The predicted octanol–water partition coefficient (Wildman–Crippen LogP) is 3.98. The Labute approximate surface area is 141 Å². The Morgan fingerprint density at radius 3 is 2.33 bits per heavy atom. The number of rotatable bonds is 5. The third kappa shape index (κ3) is 4.22. The van der Waals surface area contributed by atoms with Crippen LogP contribution in [0.5, 0.6) is 0 Å². The minimum absolute atomic E-state index is 0.101. The van der Waals surface area contributed by atoms with Crippen molar-refractivity contribution in [1.29, 1.82) is 0 Å². The molecular weight excluding hydrogens is 304 g/mol. The Bertz CT molecular complexity index is 662. The Morgan fingerprint density at radius 2 is 1.75 bits per heavy atom. The van der Waals surface area contributed by atoms with Gasteiger partial charge in [0, 0.05) is 43.7 Å². The first kappa shape index (κ1) is 16.2. The molecule has 0 saturated carbocycles. The largest absolute Gasteiger partial charge is 0.381 e. The molecule has 0 bridgehead atoms. The van der Waals surface area contributed by atoms with E-state index < -0.39 is 4.92 Å². The van der Waals surface area contributed by atoms with Gasteiger partial charge in [0.1, 0.15) is 5.82 Å². The molecule has 6 nitrogen and oxygen atoms in total. The smallest absolute Gasteiger partial charge is 0.269 e. The molecule has 1 aliphatic rings. The van der Waals surface area contributed by atoms with E-state index in [1.54, 1.807) is 12.1 Å². The summed E-state index contributed by atoms with van der Waals surface area (Å²) in [5.41, 5.74) is 2.05. The van der Waals surface area contributed by atoms with Crippen LogP contribution in [0.3, 0.4) is 0 Å². The van der Waals surface area contributed by atoms with E-state index in [0.717, 1.165) is 30.2 Å². The Morgan fingerprint density at radius 1 is 1.04 bits per heavy atom. The van der Waals surface area contributed by atoms with Crippen molar-refractivity contribution in [2.75, 3.05) is 23.3 Å². The van der Waals surface area contributed by atoms with Crippen molar-refractivity contribution in [3.05, 3.63) is 58.3 Å². The third-order valence-corrected chi connectivity index (χ3v) is 4.31. The van der Waals surface area contributed by atoms with Gasteiger partial charge in [0.05, 0.1) is 4.92 Å². The second-order valence-electron chi connectivity index (χ2n) is 6.08. The van der Waals surface area contributed by atoms with Crippen molar-refractivity contribution in [1.82, 2.24) is 4.98 Å². The van der Waals surface area contributed by atoms with Gasteiger partial charge < -0.3 is 10.2 Å². The summed E-state index contributed by atoms with van der Waals surface area (Å²) >= 11 is 0. The molecule has 0 spiro atoms. The van der Waals surface area contributed by atoms with Gasteiger partial charge in [0.2, 0.25) is 0 Å². The number of nitro benzene ring substituents is 1. The topological polar surface area (TPSA) is 71.3 Å². The molecule has 1 aromatic carbocycles. The summed E-state index contributed by atoms with van der Waals surface area (Å²) in [7, 11) is 0. The van der Waals surface area contributed by atoms with Crippen LogP contribution in [0.25, 0.3) is 0 Å². The number of benzene rings is 1. The van der Waals surface area contributed by atoms with Crippen LogP contribution in [0.15, 0.2) is 42.6 Å². The highest BCUT2D eigenvalue weighted by atomic mass is 16.6. The molecule has 0 atom stereocenters. The number of nitro groups is 1. The fourth-order valence-corrected chi connectivity index (χ4v) is 2.91. The maximum absolute atomic E-state index is 10.6. The molecule has 1 saturated heterocycles. The summed E-state index contributed by atoms with van der Waals surface area (Å²) < 4.78 is 0. The van der Waals surface area contributed by atoms with Crippen LogP contribution in [-0.2, 0) is 6.54 Å². The second-order valence-corrected chi connectivity index (χ2v) is 6.08. The average Bonchev–Trinajstić information content (AvgIpc) is 2.90. The van der Waals surface area contributed by atoms with Crippen molar-refractivity contribution in [3.63, 3.8) is 0 Å². The zero-order chi connectivity index (χ0) is 16.8. The average molecular weight is 326 g/mol. The van der Waals surface area contributed by atoms with Crippen LogP contribution in [-0.4, -0.2) is 23.0 Å². The van der Waals surface area contributed by atoms with Crippen LogP contribution in [0.1, 0.15) is 31.2 Å². The lowest BCUT2D eigenvalue weighted by atomic mass is 10.2. The van der Waals surface area contributed by atoms with Gasteiger partial charge in [-0.05, 0) is 36.6 Å². The quantitative estimate of drug-likeness (QED) is 0.664. The van der Waals surface area contributed by atoms with E-state index >= 15 is 0 Å². The predicted molar refractivity (Wildman–Crippen MR) is 95.3 cm³/mol. The molecule has 1 aromatic heterocycles. The number of hydrogen-bond donors (Lipinski definition) is 1. The zero-order valence-corrected chi connectivity index (χ0v) is 13.6. The maximum Gasteiger partial charge on any atom is 0.269 e. The van der Waals surface area contributed by atoms with Crippen LogP contribution in [0.4, 0.5) is 17.2 Å². The molecule has 2 heterocycles. The number of pyridine rings is 1. The Balaban J connectivity index is 1.56. The van der Waals surface area contributed by atoms with E-state index in [2.05, 4.69) is 27.3 Å². The summed E-state index contributed by atoms with van der Waals surface area (Å²) in [5, 5.41) is 13.9. The standard InChI is InChI=1S/C18H22N4O2/c23-22(24)17-8-6-16(7-9-17)19-13-15-5-10-18(20-14-15)21-11-3-1-2-4-12-21/h5-10,14,19H,1-4,11-13H2. The molecule has 1 aliphatic heterocycles. The van der Waals surface area contributed by atoms with Gasteiger partial charge in [-0.2, -0.15) is 0 Å². The van der Waals surface area contributed by atoms with E-state index in [4.69, 9.17) is 0 Å². The molecule has 0 amide bonds. The monoisotopic (exact) mass is 326 g/mol. The van der Waals surface area contributed by atoms with Crippen molar-refractivity contribution >= 4 is 17.2 Å². The molecule has 0 radical (unpaired) electrons. The first-order valence-electron chi connectivity index (χ1n) is 8.40. The lowest BCUT2D eigenvalue weighted by molar-refractivity contribution is -0.384. The van der Waals surface area contributed by atoms with E-state index in [-0.39, 0.29) is 5.69 Å². The molecule has 3 rings (SSSR count). The first-order chi connectivity index (χ1) is 11.7. The van der Waals surface area contributed by atoms with Crippen molar-refractivity contribution < 1.29 is 4.92 Å². The summed E-state index contributed by atoms with van der Waals surface area (Å²) in [5.74, 6) is 1.05. The van der Waals surface area contributed by atoms with E-state index in [0.29, 0.717) is 6.54 Å². The molecule has 6 heteroatoms. The molecular formula is C18H22N4O2. The number of anilines is 2. The van der Waals surface area contributed by atoms with Crippen molar-refractivity contribution in [2.45, 2.75) is 32.2 Å². The molecule has 0 unspecified atom stereocenters. The highest BCUT2D eigenvalue weighted by Gasteiger charge is 2.10. The molecule has 0 aliphatic carbocycles. The maximum atomic E-state index is 10.6. The van der Waals surface area contributed by atoms with Gasteiger partial charge >= 0.3 is 0 Å². The van der Waals surface area contributed by atoms with E-state index in [1.165, 1.54) is 37.8 Å². The SMILES string of the molecule is O=[N+]([O-])c1ccc(NCc2ccc(N3CCCCCC3)nc2)cc1. The molecule has 2 aromatic rings. The van der Waals surface area contributed by atoms with Gasteiger partial charge in [-0.25, -0.2) is 4.98 Å². The zero-order valence-electron chi connectivity index (χ0n) is 13.6. The summed E-state index contributed by atoms with van der Waals surface area (Å²) in [6.07, 6.45) is 7.01. The van der Waals surface area contributed by atoms with Crippen LogP contribution >= 0.6 is 0 Å². The van der Waals surface area contributed by atoms with Gasteiger partial charge in [-0.15, -0.1) is 0 Å². The van der Waals surface area contributed by atoms with Crippen molar-refractivity contribution in [3.8, 4) is 0 Å². The molecule has 24 heavy (non-hydrogen) atoms. The van der Waals surface area contributed by atoms with Gasteiger partial charge in [-0.1, -0.05) is 18.9 Å².